The normalized spacial score (nSPS) is 18.3. The van der Waals surface area contributed by atoms with Crippen molar-refractivity contribution in [2.75, 3.05) is 0 Å². The summed E-state index contributed by atoms with van der Waals surface area (Å²) in [6.45, 7) is -8.60. The van der Waals surface area contributed by atoms with Gasteiger partial charge in [-0.1, -0.05) is 84.0 Å². The lowest BCUT2D eigenvalue weighted by molar-refractivity contribution is 0.0697. The molecule has 5 nitrogen and oxygen atoms in total. The molecule has 0 aliphatic rings. The van der Waals surface area contributed by atoms with Crippen LogP contribution in [0.1, 0.15) is 68.9 Å². The first-order chi connectivity index (χ1) is 22.2. The van der Waals surface area contributed by atoms with E-state index in [4.69, 9.17) is 60.5 Å². The Balaban J connectivity index is 1.91. The lowest BCUT2D eigenvalue weighted by atomic mass is 10.0. The van der Waals surface area contributed by atoms with Crippen LogP contribution in [0.5, 0.6) is 5.75 Å². The van der Waals surface area contributed by atoms with Gasteiger partial charge in [-0.25, -0.2) is 4.79 Å². The molecule has 8 heteroatoms. The van der Waals surface area contributed by atoms with Crippen LogP contribution >= 0.6 is 34.8 Å². The minimum atomic E-state index is -3.21. The highest BCUT2D eigenvalue weighted by atomic mass is 35.5. The first-order valence-corrected chi connectivity index (χ1v) is 11.1. The Bertz CT molecular complexity index is 1880. The third kappa shape index (κ3) is 5.76. The van der Waals surface area contributed by atoms with E-state index >= 15 is 0 Å². The molecule has 1 atom stereocenters. The maximum absolute atomic E-state index is 11.4. The van der Waals surface area contributed by atoms with Crippen molar-refractivity contribution in [3.05, 3.63) is 104 Å². The van der Waals surface area contributed by atoms with E-state index in [1.165, 1.54) is 36.4 Å². The summed E-state index contributed by atoms with van der Waals surface area (Å²) in [5.41, 5.74) is -1.72. The molecule has 184 valence electrons. The number of hydrogen-bond donors (Lipinski definition) is 1. The first-order valence-electron chi connectivity index (χ1n) is 16.1. The molecule has 0 bridgehead atoms. The maximum Gasteiger partial charge on any atom is 0.335 e. The SMILES string of the molecule is [2H]/C(=C(/[2H])c1c([2H])c([2H])c(OC([2H])c2c(-c3c(Cl)cccc3Cl)noc2C(C([2H])([2H])[2H])C([2H])([2H])[2H])c([2H])c1Cl)c1cccc(C(=O)O)c1. The highest BCUT2D eigenvalue weighted by molar-refractivity contribution is 6.39. The van der Waals surface area contributed by atoms with Crippen molar-refractivity contribution in [3.8, 4) is 17.0 Å². The van der Waals surface area contributed by atoms with Gasteiger partial charge in [0.25, 0.3) is 0 Å². The van der Waals surface area contributed by atoms with Crippen molar-refractivity contribution in [1.29, 1.82) is 0 Å². The summed E-state index contributed by atoms with van der Waals surface area (Å²) in [6.07, 6.45) is 0. The Hall–Kier alpha value is -3.25. The molecule has 0 spiro atoms. The summed E-state index contributed by atoms with van der Waals surface area (Å²) in [7, 11) is 0. The van der Waals surface area contributed by atoms with Crippen molar-refractivity contribution in [3.63, 3.8) is 0 Å². The van der Waals surface area contributed by atoms with Gasteiger partial charge >= 0.3 is 5.97 Å². The third-order valence-corrected chi connectivity index (χ3v) is 5.61. The van der Waals surface area contributed by atoms with Crippen molar-refractivity contribution in [1.82, 2.24) is 5.16 Å². The second-order valence-electron chi connectivity index (χ2n) is 7.10. The maximum atomic E-state index is 11.4. The number of rotatable bonds is 8. The summed E-state index contributed by atoms with van der Waals surface area (Å²) >= 11 is 19.1. The van der Waals surface area contributed by atoms with Gasteiger partial charge in [0, 0.05) is 19.7 Å². The standard InChI is InChI=1S/C28H22Cl3NO4/c1-16(2)27-21(26(32-36-27)25-22(29)7-4-8-23(25)30)15-35-20-12-11-18(24(31)14-20)10-9-17-5-3-6-19(13-17)28(33)34/h3-14,16H,15H2,1-2H3,(H,33,34)/b10-9+/i1D3,2D3,9D,10D,11D,12D,14D,15D. The Morgan fingerprint density at radius 2 is 1.94 bits per heavy atom. The zero-order valence-electron chi connectivity index (χ0n) is 29.9. The van der Waals surface area contributed by atoms with E-state index in [0.717, 1.165) is 6.07 Å². The van der Waals surface area contributed by atoms with Gasteiger partial charge in [-0.05, 0) is 53.5 Å². The molecular weight excluding hydrogens is 521 g/mol. The van der Waals surface area contributed by atoms with Crippen molar-refractivity contribution in [2.45, 2.75) is 26.2 Å². The lowest BCUT2D eigenvalue weighted by Crippen LogP contribution is -2.01. The molecule has 1 aromatic heterocycles. The minimum absolute atomic E-state index is 0.0243. The summed E-state index contributed by atoms with van der Waals surface area (Å²) in [4.78, 5) is 11.4. The van der Waals surface area contributed by atoms with Crippen molar-refractivity contribution >= 4 is 52.9 Å². The average Bonchev–Trinajstić information content (AvgIpc) is 3.39. The molecule has 4 rings (SSSR count). The number of aromatic nitrogens is 1. The Kier molecular flexibility index (Phi) is 4.51. The van der Waals surface area contributed by atoms with Gasteiger partial charge in [0.15, 0.2) is 0 Å². The number of carboxylic acid groups (broad SMARTS) is 1. The third-order valence-electron chi connectivity index (χ3n) is 4.70. The Morgan fingerprint density at radius 3 is 2.67 bits per heavy atom. The lowest BCUT2D eigenvalue weighted by Gasteiger charge is -2.11. The number of carboxylic acids is 1. The fourth-order valence-electron chi connectivity index (χ4n) is 3.03. The van der Waals surface area contributed by atoms with Crippen LogP contribution in [0.25, 0.3) is 23.4 Å². The van der Waals surface area contributed by atoms with E-state index in [1.54, 1.807) is 0 Å². The van der Waals surface area contributed by atoms with Crippen molar-refractivity contribution in [2.24, 2.45) is 0 Å². The van der Waals surface area contributed by atoms with Crippen LogP contribution in [0.4, 0.5) is 0 Å². The number of benzene rings is 3. The fourth-order valence-corrected chi connectivity index (χ4v) is 3.79. The van der Waals surface area contributed by atoms with Gasteiger partial charge in [0.2, 0.25) is 0 Å². The topological polar surface area (TPSA) is 72.6 Å². The van der Waals surface area contributed by atoms with E-state index in [0.29, 0.717) is 0 Å². The van der Waals surface area contributed by atoms with Crippen LogP contribution < -0.4 is 4.74 Å². The van der Waals surface area contributed by atoms with E-state index < -0.39 is 90.1 Å². The number of halogens is 3. The zero-order valence-corrected chi connectivity index (χ0v) is 20.2. The largest absolute Gasteiger partial charge is 0.489 e. The number of carbonyl (C=O) groups is 1. The molecule has 1 unspecified atom stereocenters. The molecular formula is C28H22Cl3NO4. The van der Waals surface area contributed by atoms with Crippen molar-refractivity contribution < 1.29 is 35.6 Å². The number of nitrogens with zero attached hydrogens (tertiary/aromatic N) is 1. The van der Waals surface area contributed by atoms with Gasteiger partial charge in [-0.2, -0.15) is 0 Å². The summed E-state index contributed by atoms with van der Waals surface area (Å²) in [6, 6.07) is 5.57. The quantitative estimate of drug-likeness (QED) is 0.220. The molecule has 3 aromatic carbocycles. The van der Waals surface area contributed by atoms with E-state index in [2.05, 4.69) is 5.16 Å². The van der Waals surface area contributed by atoms with E-state index in [1.807, 2.05) is 0 Å². The first kappa shape index (κ1) is 14.5. The van der Waals surface area contributed by atoms with Gasteiger partial charge < -0.3 is 14.4 Å². The molecule has 0 amide bonds. The summed E-state index contributed by atoms with van der Waals surface area (Å²) in [5, 5.41) is 12.4. The second kappa shape index (κ2) is 11.2. The Labute approximate surface area is 240 Å². The summed E-state index contributed by atoms with van der Waals surface area (Å²) in [5.74, 6) is -5.20. The molecule has 0 aliphatic carbocycles. The molecule has 4 aromatic rings. The fraction of sp³-hybridized carbons (Fsp3) is 0.143. The molecule has 0 saturated heterocycles. The smallest absolute Gasteiger partial charge is 0.335 e. The molecule has 1 heterocycles. The molecule has 0 aliphatic heterocycles. The number of aromatic carboxylic acids is 1. The predicted octanol–water partition coefficient (Wildman–Crippen LogP) is 8.87. The molecule has 36 heavy (non-hydrogen) atoms. The highest BCUT2D eigenvalue weighted by Crippen LogP contribution is 2.39. The molecule has 0 radical (unpaired) electrons. The molecule has 1 N–H and O–H groups in total. The van der Waals surface area contributed by atoms with Crippen LogP contribution in [0, 0.1) is 0 Å². The van der Waals surface area contributed by atoms with E-state index in [-0.39, 0.29) is 32.4 Å². The van der Waals surface area contributed by atoms with Crippen LogP contribution in [0.2, 0.25) is 15.1 Å². The van der Waals surface area contributed by atoms with E-state index in [9.17, 15) is 9.90 Å². The average molecular weight is 555 g/mol. The zero-order chi connectivity index (χ0) is 36.0. The van der Waals surface area contributed by atoms with Gasteiger partial charge in [0.05, 0.1) is 34.4 Å². The number of ether oxygens (including phenoxy) is 1. The Morgan fingerprint density at radius 1 is 1.19 bits per heavy atom. The minimum Gasteiger partial charge on any atom is -0.489 e. The second-order valence-corrected chi connectivity index (χ2v) is 8.30. The van der Waals surface area contributed by atoms with Crippen LogP contribution in [0.3, 0.4) is 0 Å². The monoisotopic (exact) mass is 553 g/mol. The molecule has 0 fully saturated rings. The highest BCUT2D eigenvalue weighted by Gasteiger charge is 2.23. The van der Waals surface area contributed by atoms with Crippen LogP contribution in [-0.2, 0) is 6.58 Å². The van der Waals surface area contributed by atoms with Gasteiger partial charge in [0.1, 0.15) is 23.8 Å². The van der Waals surface area contributed by atoms with Gasteiger partial charge in [-0.3, -0.25) is 0 Å². The predicted molar refractivity (Wildman–Crippen MR) is 144 cm³/mol. The van der Waals surface area contributed by atoms with Crippen LogP contribution in [-0.4, -0.2) is 16.2 Å². The van der Waals surface area contributed by atoms with Crippen LogP contribution in [0.15, 0.2) is 65.1 Å². The molecule has 0 saturated carbocycles. The van der Waals surface area contributed by atoms with Gasteiger partial charge in [-0.15, -0.1) is 0 Å². The number of hydrogen-bond acceptors (Lipinski definition) is 4. The summed E-state index contributed by atoms with van der Waals surface area (Å²) < 4.78 is 110.